The van der Waals surface area contributed by atoms with E-state index in [9.17, 15) is 4.79 Å². The van der Waals surface area contributed by atoms with Crippen molar-refractivity contribution < 1.29 is 9.53 Å². The van der Waals surface area contributed by atoms with Gasteiger partial charge in [0.05, 0.1) is 12.1 Å². The predicted octanol–water partition coefficient (Wildman–Crippen LogP) is 3.36. The van der Waals surface area contributed by atoms with E-state index < -0.39 is 0 Å². The maximum atomic E-state index is 11.2. The van der Waals surface area contributed by atoms with Crippen LogP contribution in [0.3, 0.4) is 0 Å². The summed E-state index contributed by atoms with van der Waals surface area (Å²) in [4.78, 5) is 11.2. The van der Waals surface area contributed by atoms with Crippen molar-refractivity contribution in [3.05, 3.63) is 51.8 Å². The van der Waals surface area contributed by atoms with Crippen molar-refractivity contribution in [2.75, 3.05) is 6.61 Å². The Kier molecular flexibility index (Phi) is 3.98. The van der Waals surface area contributed by atoms with E-state index in [4.69, 9.17) is 4.74 Å². The summed E-state index contributed by atoms with van der Waals surface area (Å²) in [5.41, 5.74) is 2.54. The smallest absolute Gasteiger partial charge is 0.153 e. The molecule has 5 heteroatoms. The highest BCUT2D eigenvalue weighted by Gasteiger charge is 2.23. The van der Waals surface area contributed by atoms with Crippen molar-refractivity contribution in [2.45, 2.75) is 25.5 Å². The Morgan fingerprint density at radius 3 is 3.10 bits per heavy atom. The molecule has 0 aliphatic carbocycles. The van der Waals surface area contributed by atoms with Crippen LogP contribution in [0.25, 0.3) is 0 Å². The number of nitrogens with zero attached hydrogens (tertiary/aromatic N) is 2. The van der Waals surface area contributed by atoms with Crippen LogP contribution in [0.15, 0.2) is 34.9 Å². The number of hydrogen-bond donors (Lipinski definition) is 0. The molecule has 3 rings (SSSR count). The zero-order valence-corrected chi connectivity index (χ0v) is 12.5. The molecule has 1 fully saturated rings. The Hall–Kier alpha value is -1.46. The summed E-state index contributed by atoms with van der Waals surface area (Å²) in [5.74, 6) is 0. The number of halogens is 1. The molecule has 0 spiro atoms. The first-order valence-electron chi connectivity index (χ1n) is 6.65. The lowest BCUT2D eigenvalue weighted by atomic mass is 10.1. The first-order chi connectivity index (χ1) is 9.76. The van der Waals surface area contributed by atoms with Crippen LogP contribution >= 0.6 is 15.9 Å². The molecule has 1 saturated heterocycles. The number of ether oxygens (including phenoxy) is 1. The number of rotatable bonds is 4. The average Bonchev–Trinajstić information content (AvgIpc) is 3.06. The van der Waals surface area contributed by atoms with Gasteiger partial charge in [0, 0.05) is 17.3 Å². The van der Waals surface area contributed by atoms with Crippen molar-refractivity contribution in [1.82, 2.24) is 9.78 Å². The van der Waals surface area contributed by atoms with E-state index in [-0.39, 0.29) is 6.10 Å². The SMILES string of the molecule is O=Cc1cn(Cc2cccc(Br)c2)nc1C1CCCO1. The lowest BCUT2D eigenvalue weighted by Gasteiger charge is -2.06. The molecule has 0 radical (unpaired) electrons. The van der Waals surface area contributed by atoms with Crippen molar-refractivity contribution in [1.29, 1.82) is 0 Å². The first-order valence-corrected chi connectivity index (χ1v) is 7.44. The summed E-state index contributed by atoms with van der Waals surface area (Å²) in [6.07, 6.45) is 4.60. The minimum atomic E-state index is -0.0287. The molecule has 0 bridgehead atoms. The van der Waals surface area contributed by atoms with Gasteiger partial charge in [-0.25, -0.2) is 0 Å². The van der Waals surface area contributed by atoms with Gasteiger partial charge in [-0.2, -0.15) is 5.10 Å². The third-order valence-electron chi connectivity index (χ3n) is 3.42. The molecule has 1 aromatic carbocycles. The zero-order chi connectivity index (χ0) is 13.9. The molecule has 104 valence electrons. The Balaban J connectivity index is 1.85. The molecule has 2 aromatic rings. The molecule has 1 aliphatic heterocycles. The Morgan fingerprint density at radius 2 is 2.40 bits per heavy atom. The second-order valence-corrected chi connectivity index (χ2v) is 5.83. The van der Waals surface area contributed by atoms with Gasteiger partial charge in [0.25, 0.3) is 0 Å². The number of aldehydes is 1. The monoisotopic (exact) mass is 334 g/mol. The van der Waals surface area contributed by atoms with Crippen molar-refractivity contribution >= 4 is 22.2 Å². The second kappa shape index (κ2) is 5.89. The van der Waals surface area contributed by atoms with Gasteiger partial charge in [0.2, 0.25) is 0 Å². The molecule has 0 N–H and O–H groups in total. The maximum Gasteiger partial charge on any atom is 0.153 e. The fraction of sp³-hybridized carbons (Fsp3) is 0.333. The first kappa shape index (κ1) is 13.5. The van der Waals surface area contributed by atoms with Crippen molar-refractivity contribution in [2.24, 2.45) is 0 Å². The quantitative estimate of drug-likeness (QED) is 0.805. The fourth-order valence-electron chi connectivity index (χ4n) is 2.49. The van der Waals surface area contributed by atoms with E-state index in [1.807, 2.05) is 28.9 Å². The third-order valence-corrected chi connectivity index (χ3v) is 3.91. The second-order valence-electron chi connectivity index (χ2n) is 4.92. The minimum absolute atomic E-state index is 0.0287. The number of benzene rings is 1. The van der Waals surface area contributed by atoms with Crippen molar-refractivity contribution in [3.63, 3.8) is 0 Å². The molecule has 2 heterocycles. The highest BCUT2D eigenvalue weighted by atomic mass is 79.9. The van der Waals surface area contributed by atoms with Gasteiger partial charge in [-0.3, -0.25) is 9.48 Å². The third kappa shape index (κ3) is 2.83. The number of carbonyl (C=O) groups is 1. The number of carbonyl (C=O) groups excluding carboxylic acids is 1. The van der Waals surface area contributed by atoms with Crippen LogP contribution in [0.5, 0.6) is 0 Å². The molecule has 1 aromatic heterocycles. The largest absolute Gasteiger partial charge is 0.372 e. The van der Waals surface area contributed by atoms with Crippen LogP contribution in [-0.4, -0.2) is 22.7 Å². The molecule has 1 aliphatic rings. The van der Waals surface area contributed by atoms with Gasteiger partial charge in [0.1, 0.15) is 11.8 Å². The average molecular weight is 335 g/mol. The Morgan fingerprint density at radius 1 is 1.50 bits per heavy atom. The molecule has 4 nitrogen and oxygen atoms in total. The van der Waals surface area contributed by atoms with Crippen LogP contribution in [-0.2, 0) is 11.3 Å². The summed E-state index contributed by atoms with van der Waals surface area (Å²) >= 11 is 3.46. The summed E-state index contributed by atoms with van der Waals surface area (Å²) in [7, 11) is 0. The van der Waals surface area contributed by atoms with Gasteiger partial charge in [-0.05, 0) is 30.5 Å². The fourth-order valence-corrected chi connectivity index (χ4v) is 2.94. The van der Waals surface area contributed by atoms with Gasteiger partial charge < -0.3 is 4.74 Å². The van der Waals surface area contributed by atoms with Gasteiger partial charge in [-0.15, -0.1) is 0 Å². The molecule has 20 heavy (non-hydrogen) atoms. The van der Waals surface area contributed by atoms with E-state index in [1.165, 1.54) is 0 Å². The van der Waals surface area contributed by atoms with Crippen molar-refractivity contribution in [3.8, 4) is 0 Å². The van der Waals surface area contributed by atoms with E-state index >= 15 is 0 Å². The van der Waals surface area contributed by atoms with E-state index in [0.29, 0.717) is 12.1 Å². The normalized spacial score (nSPS) is 18.4. The molecular weight excluding hydrogens is 320 g/mol. The topological polar surface area (TPSA) is 44.1 Å². The van der Waals surface area contributed by atoms with E-state index in [1.54, 1.807) is 6.20 Å². The van der Waals surface area contributed by atoms with Crippen LogP contribution < -0.4 is 0 Å². The van der Waals surface area contributed by atoms with Gasteiger partial charge >= 0.3 is 0 Å². The molecule has 1 atom stereocenters. The molecule has 0 saturated carbocycles. The Bertz CT molecular complexity index is 618. The maximum absolute atomic E-state index is 11.2. The molecule has 0 amide bonds. The highest BCUT2D eigenvalue weighted by Crippen LogP contribution is 2.29. The van der Waals surface area contributed by atoms with E-state index in [0.717, 1.165) is 41.5 Å². The highest BCUT2D eigenvalue weighted by molar-refractivity contribution is 9.10. The lowest BCUT2D eigenvalue weighted by molar-refractivity contribution is 0.103. The summed E-state index contributed by atoms with van der Waals surface area (Å²) < 4.78 is 8.47. The summed E-state index contributed by atoms with van der Waals surface area (Å²) in [6, 6.07) is 8.07. The number of aromatic nitrogens is 2. The summed E-state index contributed by atoms with van der Waals surface area (Å²) in [6.45, 7) is 1.40. The molecule has 1 unspecified atom stereocenters. The molecular formula is C15H15BrN2O2. The van der Waals surface area contributed by atoms with Gasteiger partial charge in [-0.1, -0.05) is 28.1 Å². The Labute approximate surface area is 125 Å². The van der Waals surface area contributed by atoms with E-state index in [2.05, 4.69) is 21.0 Å². The number of hydrogen-bond acceptors (Lipinski definition) is 3. The van der Waals surface area contributed by atoms with Crippen LogP contribution in [0.2, 0.25) is 0 Å². The van der Waals surface area contributed by atoms with Crippen LogP contribution in [0.1, 0.15) is 40.6 Å². The minimum Gasteiger partial charge on any atom is -0.372 e. The summed E-state index contributed by atoms with van der Waals surface area (Å²) in [5, 5.41) is 4.53. The van der Waals surface area contributed by atoms with Crippen LogP contribution in [0, 0.1) is 0 Å². The standard InChI is InChI=1S/C15H15BrN2O2/c16-13-4-1-3-11(7-13)8-18-9-12(10-19)15(17-18)14-5-2-6-20-14/h1,3-4,7,9-10,14H,2,5-6,8H2. The van der Waals surface area contributed by atoms with Gasteiger partial charge in [0.15, 0.2) is 6.29 Å². The van der Waals surface area contributed by atoms with Crippen LogP contribution in [0.4, 0.5) is 0 Å². The predicted molar refractivity (Wildman–Crippen MR) is 78.8 cm³/mol. The zero-order valence-electron chi connectivity index (χ0n) is 11.0. The lowest BCUT2D eigenvalue weighted by Crippen LogP contribution is -2.03.